The van der Waals surface area contributed by atoms with E-state index in [1.54, 1.807) is 0 Å². The molecule has 0 aliphatic rings. The second kappa shape index (κ2) is 5.72. The number of amides is 1. The Bertz CT molecular complexity index is 607. The molecule has 0 radical (unpaired) electrons. The third-order valence-corrected chi connectivity index (χ3v) is 3.56. The fraction of sp³-hybridized carbons (Fsp3) is 0.316. The van der Waals surface area contributed by atoms with Crippen molar-refractivity contribution in [2.24, 2.45) is 5.41 Å². The number of benzene rings is 2. The van der Waals surface area contributed by atoms with Crippen LogP contribution in [-0.2, 0) is 4.79 Å². The average molecular weight is 281 g/mol. The van der Waals surface area contributed by atoms with Gasteiger partial charge in [0.25, 0.3) is 0 Å². The second-order valence-corrected chi connectivity index (χ2v) is 6.46. The molecule has 0 N–H and O–H groups in total. The summed E-state index contributed by atoms with van der Waals surface area (Å²) in [5.41, 5.74) is 3.65. The molecule has 0 saturated carbocycles. The predicted octanol–water partition coefficient (Wildman–Crippen LogP) is 5.01. The molecule has 21 heavy (non-hydrogen) atoms. The number of carbonyl (C=O) groups is 1. The highest BCUT2D eigenvalue weighted by molar-refractivity contribution is 6.04. The van der Waals surface area contributed by atoms with Crippen LogP contribution in [0.3, 0.4) is 0 Å². The van der Waals surface area contributed by atoms with Gasteiger partial charge in [0.05, 0.1) is 11.4 Å². The summed E-state index contributed by atoms with van der Waals surface area (Å²) in [6.07, 6.45) is 0. The van der Waals surface area contributed by atoms with E-state index >= 15 is 0 Å². The molecule has 2 nitrogen and oxygen atoms in total. The van der Waals surface area contributed by atoms with Crippen molar-refractivity contribution in [2.45, 2.75) is 34.6 Å². The lowest BCUT2D eigenvalue weighted by molar-refractivity contribution is -0.125. The van der Waals surface area contributed by atoms with Crippen molar-refractivity contribution in [1.82, 2.24) is 0 Å². The molecular formula is C19H23NO. The molecule has 0 saturated heterocycles. The van der Waals surface area contributed by atoms with Gasteiger partial charge in [0.2, 0.25) is 5.91 Å². The minimum Gasteiger partial charge on any atom is -0.280 e. The van der Waals surface area contributed by atoms with Crippen LogP contribution in [0.2, 0.25) is 0 Å². The van der Waals surface area contributed by atoms with Crippen molar-refractivity contribution >= 4 is 17.3 Å². The summed E-state index contributed by atoms with van der Waals surface area (Å²) in [5, 5.41) is 0. The fourth-order valence-electron chi connectivity index (χ4n) is 2.31. The van der Waals surface area contributed by atoms with Gasteiger partial charge in [0.1, 0.15) is 0 Å². The van der Waals surface area contributed by atoms with Gasteiger partial charge < -0.3 is 0 Å². The Kier molecular flexibility index (Phi) is 4.17. The highest BCUT2D eigenvalue weighted by Gasteiger charge is 2.30. The maximum atomic E-state index is 13.0. The van der Waals surface area contributed by atoms with Crippen molar-refractivity contribution in [2.75, 3.05) is 4.90 Å². The zero-order valence-corrected chi connectivity index (χ0v) is 13.5. The van der Waals surface area contributed by atoms with E-state index in [-0.39, 0.29) is 5.91 Å². The molecular weight excluding hydrogens is 258 g/mol. The van der Waals surface area contributed by atoms with Crippen LogP contribution in [0.1, 0.15) is 31.9 Å². The maximum absolute atomic E-state index is 13.0. The normalized spacial score (nSPS) is 11.3. The first-order chi connectivity index (χ1) is 9.82. The summed E-state index contributed by atoms with van der Waals surface area (Å²) < 4.78 is 0. The number of aryl methyl sites for hydroxylation is 2. The molecule has 0 aliphatic heterocycles. The summed E-state index contributed by atoms with van der Waals surface area (Å²) in [4.78, 5) is 14.8. The maximum Gasteiger partial charge on any atom is 0.236 e. The topological polar surface area (TPSA) is 20.3 Å². The first-order valence-corrected chi connectivity index (χ1v) is 7.28. The first kappa shape index (κ1) is 15.3. The summed E-state index contributed by atoms with van der Waals surface area (Å²) in [7, 11) is 0. The van der Waals surface area contributed by atoms with Crippen molar-refractivity contribution in [1.29, 1.82) is 0 Å². The third-order valence-electron chi connectivity index (χ3n) is 3.56. The number of anilines is 2. The highest BCUT2D eigenvalue weighted by Crippen LogP contribution is 2.34. The molecule has 0 atom stereocenters. The Labute approximate surface area is 127 Å². The van der Waals surface area contributed by atoms with E-state index < -0.39 is 5.41 Å². The van der Waals surface area contributed by atoms with E-state index in [4.69, 9.17) is 0 Å². The number of hydrogen-bond acceptors (Lipinski definition) is 1. The van der Waals surface area contributed by atoms with E-state index in [9.17, 15) is 4.79 Å². The van der Waals surface area contributed by atoms with Crippen molar-refractivity contribution in [3.63, 3.8) is 0 Å². The molecule has 0 aliphatic carbocycles. The van der Waals surface area contributed by atoms with Crippen LogP contribution in [0.5, 0.6) is 0 Å². The van der Waals surface area contributed by atoms with Crippen molar-refractivity contribution < 1.29 is 4.79 Å². The molecule has 0 aromatic heterocycles. The Morgan fingerprint density at radius 2 is 1.19 bits per heavy atom. The molecule has 2 rings (SSSR count). The number of nitrogens with zero attached hydrogens (tertiary/aromatic N) is 1. The number of para-hydroxylation sites is 2. The Morgan fingerprint density at radius 3 is 1.52 bits per heavy atom. The summed E-state index contributed by atoms with van der Waals surface area (Å²) in [6.45, 7) is 9.95. The first-order valence-electron chi connectivity index (χ1n) is 7.28. The predicted molar refractivity (Wildman–Crippen MR) is 89.0 cm³/mol. The van der Waals surface area contributed by atoms with Gasteiger partial charge in [-0.2, -0.15) is 0 Å². The van der Waals surface area contributed by atoms with Crippen molar-refractivity contribution in [3.05, 3.63) is 59.7 Å². The summed E-state index contributed by atoms with van der Waals surface area (Å²) in [5.74, 6) is 0.103. The van der Waals surface area contributed by atoms with Gasteiger partial charge in [-0.1, -0.05) is 57.2 Å². The van der Waals surface area contributed by atoms with Gasteiger partial charge in [0.15, 0.2) is 0 Å². The lowest BCUT2D eigenvalue weighted by atomic mass is 9.93. The van der Waals surface area contributed by atoms with Crippen LogP contribution in [0.15, 0.2) is 48.5 Å². The molecule has 0 heterocycles. The smallest absolute Gasteiger partial charge is 0.236 e. The number of carbonyl (C=O) groups excluding carboxylic acids is 1. The van der Waals surface area contributed by atoms with E-state index in [0.29, 0.717) is 0 Å². The molecule has 1 amide bonds. The molecule has 2 aromatic rings. The zero-order valence-electron chi connectivity index (χ0n) is 13.5. The van der Waals surface area contributed by atoms with E-state index in [1.807, 2.05) is 88.0 Å². The molecule has 0 fully saturated rings. The van der Waals surface area contributed by atoms with Crippen LogP contribution in [-0.4, -0.2) is 5.91 Å². The largest absolute Gasteiger partial charge is 0.280 e. The van der Waals surface area contributed by atoms with Crippen molar-refractivity contribution in [3.8, 4) is 0 Å². The zero-order chi connectivity index (χ0) is 15.6. The quantitative estimate of drug-likeness (QED) is 0.757. The minimum absolute atomic E-state index is 0.103. The molecule has 0 spiro atoms. The van der Waals surface area contributed by atoms with Gasteiger partial charge >= 0.3 is 0 Å². The summed E-state index contributed by atoms with van der Waals surface area (Å²) in [6, 6.07) is 16.0. The SMILES string of the molecule is Cc1ccccc1N(C(=O)C(C)(C)C)c1ccccc1C. The van der Waals surface area contributed by atoms with Crippen LogP contribution in [0.25, 0.3) is 0 Å². The monoisotopic (exact) mass is 281 g/mol. The molecule has 0 bridgehead atoms. The van der Waals surface area contributed by atoms with Crippen LogP contribution in [0, 0.1) is 19.3 Å². The Hall–Kier alpha value is -2.09. The van der Waals surface area contributed by atoms with Gasteiger partial charge in [-0.05, 0) is 37.1 Å². The molecule has 0 unspecified atom stereocenters. The van der Waals surface area contributed by atoms with E-state index in [1.165, 1.54) is 0 Å². The average Bonchev–Trinajstić information content (AvgIpc) is 2.42. The molecule has 2 heteroatoms. The van der Waals surface area contributed by atoms with E-state index in [0.717, 1.165) is 22.5 Å². The van der Waals surface area contributed by atoms with Crippen LogP contribution in [0.4, 0.5) is 11.4 Å². The minimum atomic E-state index is -0.440. The van der Waals surface area contributed by atoms with Crippen LogP contribution < -0.4 is 4.90 Å². The standard InChI is InChI=1S/C19H23NO/c1-14-10-6-8-12-16(14)20(18(21)19(3,4)5)17-13-9-7-11-15(17)2/h6-13H,1-5H3. The van der Waals surface area contributed by atoms with Gasteiger partial charge in [0, 0.05) is 5.41 Å². The lowest BCUT2D eigenvalue weighted by Gasteiger charge is -2.31. The van der Waals surface area contributed by atoms with Gasteiger partial charge in [-0.25, -0.2) is 0 Å². The highest BCUT2D eigenvalue weighted by atomic mass is 16.2. The van der Waals surface area contributed by atoms with Gasteiger partial charge in [-0.15, -0.1) is 0 Å². The second-order valence-electron chi connectivity index (χ2n) is 6.46. The number of rotatable bonds is 2. The lowest BCUT2D eigenvalue weighted by Crippen LogP contribution is -2.37. The Morgan fingerprint density at radius 1 is 0.810 bits per heavy atom. The number of hydrogen-bond donors (Lipinski definition) is 0. The Balaban J connectivity index is 2.64. The molecule has 110 valence electrons. The molecule has 2 aromatic carbocycles. The van der Waals surface area contributed by atoms with Gasteiger partial charge in [-0.3, -0.25) is 9.69 Å². The third kappa shape index (κ3) is 3.15. The summed E-state index contributed by atoms with van der Waals surface area (Å²) >= 11 is 0. The van der Waals surface area contributed by atoms with Crippen LogP contribution >= 0.6 is 0 Å². The van der Waals surface area contributed by atoms with E-state index in [2.05, 4.69) is 0 Å². The fourth-order valence-corrected chi connectivity index (χ4v) is 2.31.